The Bertz CT molecular complexity index is 635. The normalized spacial score (nSPS) is 10.1. The minimum absolute atomic E-state index is 0.0900. The molecule has 2 amide bonds. The summed E-state index contributed by atoms with van der Waals surface area (Å²) >= 11 is 0. The van der Waals surface area contributed by atoms with Gasteiger partial charge in [-0.2, -0.15) is 0 Å². The van der Waals surface area contributed by atoms with E-state index >= 15 is 0 Å². The molecule has 6 heteroatoms. The molecule has 4 nitrogen and oxygen atoms in total. The number of carbonyl (C=O) groups excluding carboxylic acids is 1. The van der Waals surface area contributed by atoms with Crippen molar-refractivity contribution in [2.75, 3.05) is 13.2 Å². The molecule has 0 aliphatic rings. The fourth-order valence-electron chi connectivity index (χ4n) is 1.77. The summed E-state index contributed by atoms with van der Waals surface area (Å²) in [4.78, 5) is 11.5. The number of halogens is 2. The molecule has 0 atom stereocenters. The van der Waals surface area contributed by atoms with Crippen molar-refractivity contribution < 1.29 is 18.3 Å². The van der Waals surface area contributed by atoms with E-state index in [1.807, 2.05) is 0 Å². The molecule has 0 heterocycles. The molecule has 116 valence electrons. The lowest BCUT2D eigenvalue weighted by Crippen LogP contribution is -2.37. The summed E-state index contributed by atoms with van der Waals surface area (Å²) in [7, 11) is 0. The summed E-state index contributed by atoms with van der Waals surface area (Å²) in [5.41, 5.74) is 0.403. The van der Waals surface area contributed by atoms with Gasteiger partial charge in [0.2, 0.25) is 0 Å². The van der Waals surface area contributed by atoms with Gasteiger partial charge in [0.1, 0.15) is 12.4 Å². The SMILES string of the molecule is O=C(NCCOc1ccccc1F)NCc1ccccc1F. The van der Waals surface area contributed by atoms with Crippen LogP contribution in [-0.2, 0) is 6.54 Å². The standard InChI is InChI=1S/C16H16F2N2O2/c17-13-6-2-1-5-12(13)11-20-16(21)19-9-10-22-15-8-4-3-7-14(15)18/h1-8H,9-11H2,(H2,19,20,21). The first kappa shape index (κ1) is 15.8. The van der Waals surface area contributed by atoms with E-state index < -0.39 is 11.8 Å². The van der Waals surface area contributed by atoms with E-state index in [-0.39, 0.29) is 31.3 Å². The molecule has 2 rings (SSSR count). The van der Waals surface area contributed by atoms with Crippen molar-refractivity contribution in [2.45, 2.75) is 6.54 Å². The van der Waals surface area contributed by atoms with Crippen LogP contribution in [0.5, 0.6) is 5.75 Å². The third-order valence-electron chi connectivity index (χ3n) is 2.88. The molecule has 0 aromatic heterocycles. The maximum absolute atomic E-state index is 13.3. The van der Waals surface area contributed by atoms with E-state index in [1.54, 1.807) is 30.3 Å². The first-order chi connectivity index (χ1) is 10.7. The number of hydrogen-bond donors (Lipinski definition) is 2. The van der Waals surface area contributed by atoms with Crippen LogP contribution >= 0.6 is 0 Å². The second-order valence-electron chi connectivity index (χ2n) is 4.48. The summed E-state index contributed by atoms with van der Waals surface area (Å²) in [6.07, 6.45) is 0. The zero-order valence-electron chi connectivity index (χ0n) is 11.8. The van der Waals surface area contributed by atoms with Crippen LogP contribution in [-0.4, -0.2) is 19.2 Å². The third-order valence-corrected chi connectivity index (χ3v) is 2.88. The van der Waals surface area contributed by atoms with Gasteiger partial charge < -0.3 is 15.4 Å². The Morgan fingerprint density at radius 1 is 0.955 bits per heavy atom. The van der Waals surface area contributed by atoms with Crippen molar-refractivity contribution in [1.29, 1.82) is 0 Å². The van der Waals surface area contributed by atoms with Crippen molar-refractivity contribution >= 4 is 6.03 Å². The van der Waals surface area contributed by atoms with Gasteiger partial charge in [-0.1, -0.05) is 30.3 Å². The van der Waals surface area contributed by atoms with E-state index in [0.29, 0.717) is 5.56 Å². The number of benzene rings is 2. The summed E-state index contributed by atoms with van der Waals surface area (Å²) in [6.45, 7) is 0.429. The lowest BCUT2D eigenvalue weighted by molar-refractivity contribution is 0.235. The lowest BCUT2D eigenvalue weighted by Gasteiger charge is -2.10. The van der Waals surface area contributed by atoms with E-state index in [9.17, 15) is 13.6 Å². The van der Waals surface area contributed by atoms with Crippen molar-refractivity contribution in [2.24, 2.45) is 0 Å². The molecular formula is C16H16F2N2O2. The molecule has 0 spiro atoms. The molecule has 2 aromatic carbocycles. The zero-order valence-corrected chi connectivity index (χ0v) is 11.8. The highest BCUT2D eigenvalue weighted by Crippen LogP contribution is 2.14. The topological polar surface area (TPSA) is 50.4 Å². The minimum atomic E-state index is -0.452. The van der Waals surface area contributed by atoms with Crippen LogP contribution in [0.3, 0.4) is 0 Å². The van der Waals surface area contributed by atoms with Gasteiger partial charge in [-0.15, -0.1) is 0 Å². The third kappa shape index (κ3) is 4.73. The molecule has 2 N–H and O–H groups in total. The van der Waals surface area contributed by atoms with Gasteiger partial charge >= 0.3 is 6.03 Å². The van der Waals surface area contributed by atoms with Gasteiger partial charge in [0.15, 0.2) is 11.6 Å². The van der Waals surface area contributed by atoms with Crippen LogP contribution in [0.2, 0.25) is 0 Å². The second-order valence-corrected chi connectivity index (χ2v) is 4.48. The average molecular weight is 306 g/mol. The highest BCUT2D eigenvalue weighted by Gasteiger charge is 2.04. The van der Waals surface area contributed by atoms with Crippen LogP contribution < -0.4 is 15.4 Å². The molecule has 0 radical (unpaired) electrons. The van der Waals surface area contributed by atoms with Crippen LogP contribution in [0.25, 0.3) is 0 Å². The predicted octanol–water partition coefficient (Wildman–Crippen LogP) is 2.84. The molecule has 0 unspecified atom stereocenters. The zero-order chi connectivity index (χ0) is 15.8. The smallest absolute Gasteiger partial charge is 0.315 e. The van der Waals surface area contributed by atoms with Crippen LogP contribution in [0.15, 0.2) is 48.5 Å². The monoisotopic (exact) mass is 306 g/mol. The Labute approximate surface area is 127 Å². The number of amides is 2. The molecule has 2 aromatic rings. The number of rotatable bonds is 6. The van der Waals surface area contributed by atoms with Gasteiger partial charge in [0, 0.05) is 12.1 Å². The number of hydrogen-bond acceptors (Lipinski definition) is 2. The van der Waals surface area contributed by atoms with Crippen molar-refractivity contribution in [3.8, 4) is 5.75 Å². The molecule has 0 bridgehead atoms. The van der Waals surface area contributed by atoms with Crippen LogP contribution in [0.1, 0.15) is 5.56 Å². The molecule has 0 saturated heterocycles. The maximum Gasteiger partial charge on any atom is 0.315 e. The Morgan fingerprint density at radius 3 is 2.36 bits per heavy atom. The predicted molar refractivity (Wildman–Crippen MR) is 78.5 cm³/mol. The molecular weight excluding hydrogens is 290 g/mol. The highest BCUT2D eigenvalue weighted by molar-refractivity contribution is 5.73. The quantitative estimate of drug-likeness (QED) is 0.806. The second kappa shape index (κ2) is 7.97. The van der Waals surface area contributed by atoms with Crippen molar-refractivity contribution in [3.63, 3.8) is 0 Å². The molecule has 22 heavy (non-hydrogen) atoms. The largest absolute Gasteiger partial charge is 0.489 e. The Balaban J connectivity index is 1.66. The number of nitrogens with one attached hydrogen (secondary N) is 2. The first-order valence-electron chi connectivity index (χ1n) is 6.79. The number of carbonyl (C=O) groups is 1. The molecule has 0 fully saturated rings. The summed E-state index contributed by atoms with van der Waals surface area (Å²) in [5, 5.41) is 5.07. The number of para-hydroxylation sites is 1. The van der Waals surface area contributed by atoms with E-state index in [0.717, 1.165) is 0 Å². The van der Waals surface area contributed by atoms with Gasteiger partial charge in [-0.05, 0) is 18.2 Å². The van der Waals surface area contributed by atoms with Gasteiger partial charge in [-0.25, -0.2) is 13.6 Å². The average Bonchev–Trinajstić information content (AvgIpc) is 2.52. The first-order valence-corrected chi connectivity index (χ1v) is 6.79. The molecule has 0 aliphatic carbocycles. The van der Waals surface area contributed by atoms with E-state index in [2.05, 4.69) is 10.6 Å². The maximum atomic E-state index is 13.3. The van der Waals surface area contributed by atoms with E-state index in [4.69, 9.17) is 4.74 Å². The van der Waals surface area contributed by atoms with Crippen molar-refractivity contribution in [1.82, 2.24) is 10.6 Å². The van der Waals surface area contributed by atoms with Gasteiger partial charge in [-0.3, -0.25) is 0 Å². The Hall–Kier alpha value is -2.63. The minimum Gasteiger partial charge on any atom is -0.489 e. The number of ether oxygens (including phenoxy) is 1. The summed E-state index contributed by atoms with van der Waals surface area (Å²) in [6, 6.07) is 11.8. The van der Waals surface area contributed by atoms with E-state index in [1.165, 1.54) is 18.2 Å². The molecule has 0 aliphatic heterocycles. The van der Waals surface area contributed by atoms with Crippen LogP contribution in [0.4, 0.5) is 13.6 Å². The fraction of sp³-hybridized carbons (Fsp3) is 0.188. The lowest BCUT2D eigenvalue weighted by atomic mass is 10.2. The Kier molecular flexibility index (Phi) is 5.71. The Morgan fingerprint density at radius 2 is 1.64 bits per heavy atom. The highest BCUT2D eigenvalue weighted by atomic mass is 19.1. The molecule has 0 saturated carbocycles. The van der Waals surface area contributed by atoms with Gasteiger partial charge in [0.05, 0.1) is 6.54 Å². The van der Waals surface area contributed by atoms with Crippen LogP contribution in [0, 0.1) is 11.6 Å². The summed E-state index contributed by atoms with van der Waals surface area (Å²) < 4.78 is 31.8. The van der Waals surface area contributed by atoms with Crippen molar-refractivity contribution in [3.05, 3.63) is 65.7 Å². The number of urea groups is 1. The fourth-order valence-corrected chi connectivity index (χ4v) is 1.77. The van der Waals surface area contributed by atoms with Gasteiger partial charge in [0.25, 0.3) is 0 Å². The summed E-state index contributed by atoms with van der Waals surface area (Å²) in [5.74, 6) is -0.687.